The lowest BCUT2D eigenvalue weighted by Gasteiger charge is -2.16. The summed E-state index contributed by atoms with van der Waals surface area (Å²) in [5.74, 6) is -2.60. The lowest BCUT2D eigenvalue weighted by Crippen LogP contribution is -2.31. The molecule has 0 saturated carbocycles. The highest BCUT2D eigenvalue weighted by atomic mass is 19.1. The maximum atomic E-state index is 13.7. The van der Waals surface area contributed by atoms with Crippen molar-refractivity contribution in [3.63, 3.8) is 0 Å². The molecular weight excluding hydrogens is 374 g/mol. The van der Waals surface area contributed by atoms with E-state index in [0.717, 1.165) is 34.2 Å². The number of nitrogens with one attached hydrogen (secondary N) is 1. The molecule has 1 aliphatic heterocycles. The molecule has 0 bridgehead atoms. The molecule has 29 heavy (non-hydrogen) atoms. The Morgan fingerprint density at radius 2 is 1.41 bits per heavy atom. The minimum absolute atomic E-state index is 0.0511. The zero-order valence-corrected chi connectivity index (χ0v) is 15.4. The van der Waals surface area contributed by atoms with Crippen molar-refractivity contribution < 1.29 is 18.4 Å². The lowest BCUT2D eigenvalue weighted by molar-refractivity contribution is -0.120. The van der Waals surface area contributed by atoms with E-state index in [9.17, 15) is 18.4 Å². The quantitative estimate of drug-likeness (QED) is 0.651. The van der Waals surface area contributed by atoms with Gasteiger partial charge in [-0.25, -0.2) is 13.7 Å². The molecular formula is C23H16F2N2O2. The molecule has 1 aliphatic rings. The minimum atomic E-state index is -0.738. The van der Waals surface area contributed by atoms with Gasteiger partial charge in [0, 0.05) is 17.3 Å². The summed E-state index contributed by atoms with van der Waals surface area (Å²) in [5, 5.41) is 2.64. The molecule has 3 aromatic rings. The Morgan fingerprint density at radius 1 is 0.828 bits per heavy atom. The Hall–Kier alpha value is -3.80. The summed E-state index contributed by atoms with van der Waals surface area (Å²) in [7, 11) is 0. The van der Waals surface area contributed by atoms with Crippen molar-refractivity contribution in [1.82, 2.24) is 0 Å². The van der Waals surface area contributed by atoms with Gasteiger partial charge in [0.15, 0.2) is 0 Å². The molecule has 0 aliphatic carbocycles. The monoisotopic (exact) mass is 390 g/mol. The fraction of sp³-hybridized carbons (Fsp3) is 0.0435. The van der Waals surface area contributed by atoms with E-state index >= 15 is 0 Å². The number of amides is 2. The van der Waals surface area contributed by atoms with Gasteiger partial charge in [0.2, 0.25) is 0 Å². The summed E-state index contributed by atoms with van der Waals surface area (Å²) in [4.78, 5) is 26.1. The van der Waals surface area contributed by atoms with Crippen molar-refractivity contribution in [2.75, 3.05) is 10.2 Å². The number of hydrogen-bond acceptors (Lipinski definition) is 3. The second-order valence-electron chi connectivity index (χ2n) is 6.64. The Labute approximate surface area is 166 Å². The van der Waals surface area contributed by atoms with E-state index in [-0.39, 0.29) is 16.9 Å². The second-order valence-corrected chi connectivity index (χ2v) is 6.64. The summed E-state index contributed by atoms with van der Waals surface area (Å²) >= 11 is 0. The van der Waals surface area contributed by atoms with Crippen LogP contribution in [0.5, 0.6) is 0 Å². The molecule has 0 unspecified atom stereocenters. The van der Waals surface area contributed by atoms with Crippen molar-refractivity contribution in [2.24, 2.45) is 0 Å². The van der Waals surface area contributed by atoms with E-state index in [1.807, 2.05) is 42.5 Å². The third-order valence-corrected chi connectivity index (χ3v) is 4.71. The second kappa shape index (κ2) is 7.31. The molecule has 6 heteroatoms. The zero-order valence-electron chi connectivity index (χ0n) is 15.4. The molecule has 0 fully saturated rings. The number of carbonyl (C=O) groups excluding carboxylic acids is 2. The number of hydrogen-bond donors (Lipinski definition) is 1. The van der Waals surface area contributed by atoms with Crippen LogP contribution < -0.4 is 10.2 Å². The van der Waals surface area contributed by atoms with E-state index in [1.54, 1.807) is 12.1 Å². The molecule has 4 nitrogen and oxygen atoms in total. The summed E-state index contributed by atoms with van der Waals surface area (Å²) in [6, 6.07) is 18.9. The van der Waals surface area contributed by atoms with Crippen LogP contribution in [0.4, 0.5) is 20.2 Å². The molecule has 0 spiro atoms. The van der Waals surface area contributed by atoms with E-state index in [0.29, 0.717) is 5.69 Å². The van der Waals surface area contributed by atoms with Crippen molar-refractivity contribution in [2.45, 2.75) is 6.92 Å². The van der Waals surface area contributed by atoms with Crippen LogP contribution in [-0.2, 0) is 9.59 Å². The fourth-order valence-corrected chi connectivity index (χ4v) is 3.11. The molecule has 1 heterocycles. The van der Waals surface area contributed by atoms with Crippen LogP contribution >= 0.6 is 0 Å². The van der Waals surface area contributed by atoms with Gasteiger partial charge in [-0.15, -0.1) is 0 Å². The van der Waals surface area contributed by atoms with Crippen molar-refractivity contribution in [3.05, 3.63) is 95.7 Å². The van der Waals surface area contributed by atoms with Gasteiger partial charge < -0.3 is 5.32 Å². The van der Waals surface area contributed by atoms with Crippen LogP contribution in [0, 0.1) is 18.6 Å². The predicted octanol–water partition coefficient (Wildman–Crippen LogP) is 4.81. The van der Waals surface area contributed by atoms with Crippen LogP contribution in [0.2, 0.25) is 0 Å². The molecule has 3 aromatic carbocycles. The summed E-state index contributed by atoms with van der Waals surface area (Å²) in [5.41, 5.74) is 2.27. The lowest BCUT2D eigenvalue weighted by atomic mass is 10.1. The SMILES string of the molecule is Cc1c(F)cc(NC2=CC(=O)N(c3ccc(-c4ccccc4)cc3)C2=O)cc1F. The normalized spacial score (nSPS) is 13.6. The number of anilines is 2. The first-order chi connectivity index (χ1) is 13.9. The highest BCUT2D eigenvalue weighted by molar-refractivity contribution is 6.31. The van der Waals surface area contributed by atoms with E-state index < -0.39 is 23.4 Å². The maximum Gasteiger partial charge on any atom is 0.281 e. The average Bonchev–Trinajstić information content (AvgIpc) is 3.00. The molecule has 0 radical (unpaired) electrons. The number of nitrogens with zero attached hydrogens (tertiary/aromatic N) is 1. The summed E-state index contributed by atoms with van der Waals surface area (Å²) in [6.45, 7) is 1.32. The molecule has 0 atom stereocenters. The van der Waals surface area contributed by atoms with Crippen LogP contribution in [-0.4, -0.2) is 11.8 Å². The smallest absolute Gasteiger partial charge is 0.281 e. The topological polar surface area (TPSA) is 49.4 Å². The van der Waals surface area contributed by atoms with Crippen molar-refractivity contribution in [3.8, 4) is 11.1 Å². The van der Waals surface area contributed by atoms with Crippen molar-refractivity contribution in [1.29, 1.82) is 0 Å². The van der Waals surface area contributed by atoms with Crippen LogP contribution in [0.25, 0.3) is 11.1 Å². The first-order valence-corrected chi connectivity index (χ1v) is 8.92. The minimum Gasteiger partial charge on any atom is -0.351 e. The standard InChI is InChI=1S/C23H16F2N2O2/c1-14-19(24)11-17(12-20(14)25)26-21-13-22(28)27(23(21)29)18-9-7-16(8-10-18)15-5-3-2-4-6-15/h2-13,26H,1H3. The van der Waals surface area contributed by atoms with Crippen LogP contribution in [0.1, 0.15) is 5.56 Å². The molecule has 4 rings (SSSR count). The first-order valence-electron chi connectivity index (χ1n) is 8.92. The Bertz CT molecular complexity index is 1120. The number of halogens is 2. The van der Waals surface area contributed by atoms with Crippen LogP contribution in [0.15, 0.2) is 78.5 Å². The fourth-order valence-electron chi connectivity index (χ4n) is 3.11. The Morgan fingerprint density at radius 3 is 2.03 bits per heavy atom. The summed E-state index contributed by atoms with van der Waals surface area (Å²) < 4.78 is 27.5. The van der Waals surface area contributed by atoms with Gasteiger partial charge in [-0.1, -0.05) is 42.5 Å². The highest BCUT2D eigenvalue weighted by Gasteiger charge is 2.32. The van der Waals surface area contributed by atoms with Crippen molar-refractivity contribution >= 4 is 23.2 Å². The number of benzene rings is 3. The predicted molar refractivity (Wildman–Crippen MR) is 107 cm³/mol. The maximum absolute atomic E-state index is 13.7. The molecule has 1 N–H and O–H groups in total. The number of carbonyl (C=O) groups is 2. The van der Waals surface area contributed by atoms with Gasteiger partial charge in [0.25, 0.3) is 11.8 Å². The van der Waals surface area contributed by atoms with E-state index in [4.69, 9.17) is 0 Å². The van der Waals surface area contributed by atoms with Gasteiger partial charge in [-0.05, 0) is 42.3 Å². The number of imide groups is 1. The third kappa shape index (κ3) is 3.52. The number of rotatable bonds is 4. The van der Waals surface area contributed by atoms with Gasteiger partial charge in [0.1, 0.15) is 17.3 Å². The van der Waals surface area contributed by atoms with Gasteiger partial charge in [-0.3, -0.25) is 9.59 Å². The van der Waals surface area contributed by atoms with Gasteiger partial charge in [0.05, 0.1) is 5.69 Å². The van der Waals surface area contributed by atoms with Crippen LogP contribution in [0.3, 0.4) is 0 Å². The Balaban J connectivity index is 1.55. The Kier molecular flexibility index (Phi) is 4.68. The summed E-state index contributed by atoms with van der Waals surface area (Å²) in [6.07, 6.45) is 1.11. The van der Waals surface area contributed by atoms with Gasteiger partial charge >= 0.3 is 0 Å². The highest BCUT2D eigenvalue weighted by Crippen LogP contribution is 2.28. The largest absolute Gasteiger partial charge is 0.351 e. The molecule has 144 valence electrons. The molecule has 0 aromatic heterocycles. The third-order valence-electron chi connectivity index (χ3n) is 4.71. The first kappa shape index (κ1) is 18.6. The zero-order chi connectivity index (χ0) is 20.5. The van der Waals surface area contributed by atoms with Gasteiger partial charge in [-0.2, -0.15) is 0 Å². The average molecular weight is 390 g/mol. The van der Waals surface area contributed by atoms with E-state index in [1.165, 1.54) is 6.92 Å². The molecule has 0 saturated heterocycles. The molecule has 2 amide bonds. The van der Waals surface area contributed by atoms with E-state index in [2.05, 4.69) is 5.32 Å².